The summed E-state index contributed by atoms with van der Waals surface area (Å²) in [5, 5.41) is 0.0576. The third-order valence-corrected chi connectivity index (χ3v) is 7.98. The predicted molar refractivity (Wildman–Crippen MR) is 131 cm³/mol. The SMILES string of the molecule is O=C(COC(=O)c1cc(S(=O)(=O)N2CCCCC2)ccc1Cl)c1ccc(-c2ccccc2)cc1. The normalized spacial score (nSPS) is 14.5. The maximum atomic E-state index is 12.9. The minimum Gasteiger partial charge on any atom is -0.454 e. The number of benzene rings is 3. The molecular weight excluding hydrogens is 474 g/mol. The maximum Gasteiger partial charge on any atom is 0.340 e. The van der Waals surface area contributed by atoms with Gasteiger partial charge in [-0.3, -0.25) is 4.79 Å². The molecule has 0 radical (unpaired) electrons. The third kappa shape index (κ3) is 5.38. The lowest BCUT2D eigenvalue weighted by molar-refractivity contribution is 0.0474. The van der Waals surface area contributed by atoms with Crippen molar-refractivity contribution >= 4 is 33.4 Å². The highest BCUT2D eigenvalue weighted by Gasteiger charge is 2.27. The van der Waals surface area contributed by atoms with Crippen LogP contribution in [0.3, 0.4) is 0 Å². The summed E-state index contributed by atoms with van der Waals surface area (Å²) in [7, 11) is -3.74. The van der Waals surface area contributed by atoms with Gasteiger partial charge in [0.25, 0.3) is 0 Å². The van der Waals surface area contributed by atoms with Crippen molar-refractivity contribution in [2.45, 2.75) is 24.2 Å². The molecule has 3 aromatic carbocycles. The fourth-order valence-corrected chi connectivity index (χ4v) is 5.59. The Balaban J connectivity index is 1.43. The first-order valence-corrected chi connectivity index (χ1v) is 12.8. The van der Waals surface area contributed by atoms with E-state index in [1.165, 1.54) is 22.5 Å². The van der Waals surface area contributed by atoms with Gasteiger partial charge in [-0.25, -0.2) is 13.2 Å². The molecule has 0 bridgehead atoms. The molecule has 176 valence electrons. The molecule has 1 aliphatic rings. The Morgan fingerprint density at radius 1 is 0.853 bits per heavy atom. The molecule has 1 saturated heterocycles. The van der Waals surface area contributed by atoms with Gasteiger partial charge < -0.3 is 4.74 Å². The second-order valence-corrected chi connectivity index (χ2v) is 10.4. The lowest BCUT2D eigenvalue weighted by Crippen LogP contribution is -2.35. The Hall–Kier alpha value is -3.00. The fourth-order valence-electron chi connectivity index (χ4n) is 3.85. The summed E-state index contributed by atoms with van der Waals surface area (Å²) in [5.41, 5.74) is 2.31. The highest BCUT2D eigenvalue weighted by Crippen LogP contribution is 2.26. The second kappa shape index (κ2) is 10.5. The average molecular weight is 498 g/mol. The summed E-state index contributed by atoms with van der Waals surface area (Å²) in [4.78, 5) is 25.1. The molecule has 1 heterocycles. The molecule has 6 nitrogen and oxygen atoms in total. The summed E-state index contributed by atoms with van der Waals surface area (Å²) >= 11 is 6.14. The molecule has 3 aromatic rings. The smallest absolute Gasteiger partial charge is 0.340 e. The monoisotopic (exact) mass is 497 g/mol. The van der Waals surface area contributed by atoms with Crippen molar-refractivity contribution in [3.05, 3.63) is 88.9 Å². The van der Waals surface area contributed by atoms with Crippen molar-refractivity contribution in [2.24, 2.45) is 0 Å². The van der Waals surface area contributed by atoms with Crippen LogP contribution in [-0.4, -0.2) is 44.2 Å². The van der Waals surface area contributed by atoms with Crippen molar-refractivity contribution < 1.29 is 22.7 Å². The zero-order chi connectivity index (χ0) is 24.1. The van der Waals surface area contributed by atoms with E-state index in [-0.39, 0.29) is 21.3 Å². The topological polar surface area (TPSA) is 80.8 Å². The number of carbonyl (C=O) groups is 2. The number of hydrogen-bond donors (Lipinski definition) is 0. The Kier molecular flexibility index (Phi) is 7.46. The van der Waals surface area contributed by atoms with E-state index in [0.717, 1.165) is 30.4 Å². The Morgan fingerprint density at radius 2 is 1.50 bits per heavy atom. The maximum absolute atomic E-state index is 12.9. The number of ether oxygens (including phenoxy) is 1. The quantitative estimate of drug-likeness (QED) is 0.330. The molecule has 0 aliphatic carbocycles. The van der Waals surface area contributed by atoms with Gasteiger partial charge in [-0.2, -0.15) is 4.31 Å². The van der Waals surface area contributed by atoms with Crippen LogP contribution in [0.25, 0.3) is 11.1 Å². The minimum absolute atomic E-state index is 0.0198. The molecule has 0 unspecified atom stereocenters. The summed E-state index contributed by atoms with van der Waals surface area (Å²) in [5.74, 6) is -1.23. The number of hydrogen-bond acceptors (Lipinski definition) is 5. The highest BCUT2D eigenvalue weighted by molar-refractivity contribution is 7.89. The number of rotatable bonds is 7. The van der Waals surface area contributed by atoms with Crippen LogP contribution in [-0.2, 0) is 14.8 Å². The number of sulfonamides is 1. The van der Waals surface area contributed by atoms with Crippen LogP contribution < -0.4 is 0 Å². The molecular formula is C26H24ClNO5S. The van der Waals surface area contributed by atoms with Gasteiger partial charge in [-0.15, -0.1) is 0 Å². The van der Waals surface area contributed by atoms with Crippen molar-refractivity contribution in [2.75, 3.05) is 19.7 Å². The molecule has 0 aromatic heterocycles. The van der Waals surface area contributed by atoms with Crippen LogP contribution in [0.15, 0.2) is 77.7 Å². The van der Waals surface area contributed by atoms with Crippen LogP contribution in [0.1, 0.15) is 40.0 Å². The van der Waals surface area contributed by atoms with E-state index in [1.807, 2.05) is 42.5 Å². The van der Waals surface area contributed by atoms with E-state index in [0.29, 0.717) is 18.7 Å². The second-order valence-electron chi connectivity index (χ2n) is 8.05. The van der Waals surface area contributed by atoms with Crippen molar-refractivity contribution in [1.29, 1.82) is 0 Å². The van der Waals surface area contributed by atoms with E-state index < -0.39 is 22.6 Å². The highest BCUT2D eigenvalue weighted by atomic mass is 35.5. The zero-order valence-corrected chi connectivity index (χ0v) is 20.0. The van der Waals surface area contributed by atoms with Crippen molar-refractivity contribution in [3.63, 3.8) is 0 Å². The van der Waals surface area contributed by atoms with Crippen LogP contribution >= 0.6 is 11.6 Å². The first-order chi connectivity index (χ1) is 16.4. The number of esters is 1. The Labute approximate surface area is 204 Å². The summed E-state index contributed by atoms with van der Waals surface area (Å²) in [6.45, 7) is 0.410. The van der Waals surface area contributed by atoms with Gasteiger partial charge in [0.05, 0.1) is 15.5 Å². The van der Waals surface area contributed by atoms with Gasteiger partial charge >= 0.3 is 5.97 Å². The molecule has 0 N–H and O–H groups in total. The summed E-state index contributed by atoms with van der Waals surface area (Å²) < 4.78 is 32.4. The van der Waals surface area contributed by atoms with Crippen molar-refractivity contribution in [3.8, 4) is 11.1 Å². The molecule has 8 heteroatoms. The number of piperidine rings is 1. The molecule has 1 aliphatic heterocycles. The fraction of sp³-hybridized carbons (Fsp3) is 0.231. The van der Waals surface area contributed by atoms with Crippen molar-refractivity contribution in [1.82, 2.24) is 4.31 Å². The first kappa shape index (κ1) is 24.1. The van der Waals surface area contributed by atoms with Gasteiger partial charge in [0.15, 0.2) is 12.4 Å². The standard InChI is InChI=1S/C26H24ClNO5S/c27-24-14-13-22(34(31,32)28-15-5-2-6-16-28)17-23(24)26(30)33-18-25(29)21-11-9-20(10-12-21)19-7-3-1-4-8-19/h1,3-4,7-14,17H,2,5-6,15-16,18H2. The predicted octanol–water partition coefficient (Wildman–Crippen LogP) is 5.22. The first-order valence-electron chi connectivity index (χ1n) is 11.0. The van der Waals surface area contributed by atoms with Crippen LogP contribution in [0, 0.1) is 0 Å². The zero-order valence-electron chi connectivity index (χ0n) is 18.4. The number of halogens is 1. The molecule has 0 saturated carbocycles. The van der Waals surface area contributed by atoms with E-state index in [4.69, 9.17) is 16.3 Å². The third-order valence-electron chi connectivity index (χ3n) is 5.76. The molecule has 0 amide bonds. The molecule has 4 rings (SSSR count). The van der Waals surface area contributed by atoms with Gasteiger partial charge in [-0.05, 0) is 42.2 Å². The lowest BCUT2D eigenvalue weighted by Gasteiger charge is -2.26. The molecule has 0 atom stereocenters. The van der Waals surface area contributed by atoms with Gasteiger partial charge in [0.2, 0.25) is 10.0 Å². The Morgan fingerprint density at radius 3 is 2.18 bits per heavy atom. The van der Waals surface area contributed by atoms with Crippen LogP contribution in [0.2, 0.25) is 5.02 Å². The van der Waals surface area contributed by atoms with E-state index in [2.05, 4.69) is 0 Å². The average Bonchev–Trinajstić information content (AvgIpc) is 2.88. The number of ketones is 1. The van der Waals surface area contributed by atoms with Gasteiger partial charge in [0, 0.05) is 18.7 Å². The summed E-state index contributed by atoms with van der Waals surface area (Å²) in [6.07, 6.45) is 2.60. The number of nitrogens with zero attached hydrogens (tertiary/aromatic N) is 1. The van der Waals surface area contributed by atoms with Gasteiger partial charge in [-0.1, -0.05) is 72.6 Å². The summed E-state index contributed by atoms with van der Waals surface area (Å²) in [6, 6.07) is 20.7. The molecule has 0 spiro atoms. The number of carbonyl (C=O) groups excluding carboxylic acids is 2. The van der Waals surface area contributed by atoms with E-state index in [9.17, 15) is 18.0 Å². The molecule has 34 heavy (non-hydrogen) atoms. The largest absolute Gasteiger partial charge is 0.454 e. The van der Waals surface area contributed by atoms with Crippen LogP contribution in [0.4, 0.5) is 0 Å². The van der Waals surface area contributed by atoms with E-state index >= 15 is 0 Å². The minimum atomic E-state index is -3.74. The lowest BCUT2D eigenvalue weighted by atomic mass is 10.0. The van der Waals surface area contributed by atoms with Gasteiger partial charge in [0.1, 0.15) is 0 Å². The number of Topliss-reactive ketones (excluding diaryl/α,β-unsaturated/α-hetero) is 1. The Bertz CT molecular complexity index is 1280. The van der Waals surface area contributed by atoms with Crippen LogP contribution in [0.5, 0.6) is 0 Å². The van der Waals surface area contributed by atoms with E-state index in [1.54, 1.807) is 12.1 Å². The molecule has 1 fully saturated rings.